The number of nitrogens with one attached hydrogen (secondary N) is 2. The highest BCUT2D eigenvalue weighted by Crippen LogP contribution is 2.44. The molecule has 2 aliphatic rings. The van der Waals surface area contributed by atoms with Gasteiger partial charge >= 0.3 is 6.18 Å². The van der Waals surface area contributed by atoms with Crippen LogP contribution in [0.4, 0.5) is 19.0 Å². The summed E-state index contributed by atoms with van der Waals surface area (Å²) in [6.07, 6.45) is -3.56. The van der Waals surface area contributed by atoms with Crippen molar-refractivity contribution in [2.24, 2.45) is 0 Å². The summed E-state index contributed by atoms with van der Waals surface area (Å²) in [5, 5.41) is 9.75. The van der Waals surface area contributed by atoms with Crippen LogP contribution in [-0.4, -0.2) is 28.7 Å². The Kier molecular flexibility index (Phi) is 5.15. The molecule has 1 amide bonds. The van der Waals surface area contributed by atoms with Gasteiger partial charge in [0.1, 0.15) is 11.4 Å². The molecule has 172 valence electrons. The number of alkyl halides is 3. The Labute approximate surface area is 187 Å². The summed E-state index contributed by atoms with van der Waals surface area (Å²) in [7, 11) is 0. The fraction of sp³-hybridized carbons (Fsp3) is 0.304. The van der Waals surface area contributed by atoms with Crippen molar-refractivity contribution < 1.29 is 27.4 Å². The van der Waals surface area contributed by atoms with E-state index < -0.39 is 24.2 Å². The van der Waals surface area contributed by atoms with Crippen LogP contribution in [0, 0.1) is 6.92 Å². The molecule has 2 atom stereocenters. The van der Waals surface area contributed by atoms with E-state index in [2.05, 4.69) is 15.7 Å². The second-order valence-corrected chi connectivity index (χ2v) is 8.12. The van der Waals surface area contributed by atoms with Crippen LogP contribution in [0.3, 0.4) is 0 Å². The highest BCUT2D eigenvalue weighted by atomic mass is 19.4. The molecule has 5 rings (SSSR count). The standard InChI is InChI=1S/C23H21F3N4O3/c1-13-2-5-15(6-3-13)17-9-20(23(24,25)26)30-21(29-17)16(11-28-30)22(31)27-10-14-4-7-18-19(8-14)33-12-32-18/h2-8,11,17,20,29H,9-10,12H2,1H3,(H,27,31)/t17-,20+/m0/s1. The van der Waals surface area contributed by atoms with Gasteiger partial charge in [-0.3, -0.25) is 4.79 Å². The van der Waals surface area contributed by atoms with E-state index in [9.17, 15) is 18.0 Å². The SMILES string of the molecule is Cc1ccc([C@@H]2C[C@H](C(F)(F)F)n3ncc(C(=O)NCc4ccc5c(c4)OCO5)c3N2)cc1. The monoisotopic (exact) mass is 458 g/mol. The highest BCUT2D eigenvalue weighted by Gasteiger charge is 2.47. The molecule has 2 aliphatic heterocycles. The quantitative estimate of drug-likeness (QED) is 0.602. The Morgan fingerprint density at radius 2 is 1.94 bits per heavy atom. The number of aromatic nitrogens is 2. The van der Waals surface area contributed by atoms with Crippen molar-refractivity contribution in [1.29, 1.82) is 0 Å². The lowest BCUT2D eigenvalue weighted by Gasteiger charge is -2.34. The number of hydrogen-bond acceptors (Lipinski definition) is 5. The van der Waals surface area contributed by atoms with Crippen LogP contribution in [0.25, 0.3) is 0 Å². The number of aryl methyl sites for hydroxylation is 1. The van der Waals surface area contributed by atoms with E-state index in [-0.39, 0.29) is 31.1 Å². The van der Waals surface area contributed by atoms with Crippen molar-refractivity contribution in [1.82, 2.24) is 15.1 Å². The van der Waals surface area contributed by atoms with Crippen LogP contribution >= 0.6 is 0 Å². The summed E-state index contributed by atoms with van der Waals surface area (Å²) in [4.78, 5) is 12.9. The molecule has 7 nitrogen and oxygen atoms in total. The van der Waals surface area contributed by atoms with Crippen LogP contribution in [-0.2, 0) is 6.54 Å². The first-order chi connectivity index (χ1) is 15.8. The molecule has 0 unspecified atom stereocenters. The average Bonchev–Trinajstić information content (AvgIpc) is 3.43. The minimum Gasteiger partial charge on any atom is -0.454 e. The van der Waals surface area contributed by atoms with Crippen molar-refractivity contribution in [3.05, 3.63) is 70.9 Å². The van der Waals surface area contributed by atoms with Crippen molar-refractivity contribution in [2.75, 3.05) is 12.1 Å². The first-order valence-electron chi connectivity index (χ1n) is 10.4. The lowest BCUT2D eigenvalue weighted by Crippen LogP contribution is -2.36. The van der Waals surface area contributed by atoms with Gasteiger partial charge in [-0.2, -0.15) is 18.3 Å². The van der Waals surface area contributed by atoms with Crippen LogP contribution in [0.2, 0.25) is 0 Å². The molecule has 1 aromatic heterocycles. The number of halogens is 3. The number of anilines is 1. The molecule has 2 N–H and O–H groups in total. The Hall–Kier alpha value is -3.69. The van der Waals surface area contributed by atoms with Crippen LogP contribution in [0.15, 0.2) is 48.7 Å². The number of benzene rings is 2. The van der Waals surface area contributed by atoms with Crippen molar-refractivity contribution in [2.45, 2.75) is 38.1 Å². The largest absolute Gasteiger partial charge is 0.454 e. The molecule has 0 bridgehead atoms. The lowest BCUT2D eigenvalue weighted by atomic mass is 9.96. The molecule has 10 heteroatoms. The molecule has 0 saturated heterocycles. The molecule has 33 heavy (non-hydrogen) atoms. The normalized spacial score (nSPS) is 19.0. The van der Waals surface area contributed by atoms with Gasteiger partial charge in [0.15, 0.2) is 17.5 Å². The molecule has 0 fully saturated rings. The minimum absolute atomic E-state index is 0.0531. The second kappa shape index (κ2) is 8.02. The maximum absolute atomic E-state index is 13.9. The zero-order chi connectivity index (χ0) is 23.2. The number of rotatable bonds is 4. The smallest absolute Gasteiger partial charge is 0.410 e. The van der Waals surface area contributed by atoms with E-state index >= 15 is 0 Å². The van der Waals surface area contributed by atoms with Gasteiger partial charge < -0.3 is 20.1 Å². The molecule has 3 heterocycles. The van der Waals surface area contributed by atoms with Crippen LogP contribution in [0.1, 0.15) is 45.6 Å². The number of hydrogen-bond donors (Lipinski definition) is 2. The van der Waals surface area contributed by atoms with Gasteiger partial charge in [0, 0.05) is 13.0 Å². The third kappa shape index (κ3) is 4.08. The summed E-state index contributed by atoms with van der Waals surface area (Å²) in [5.74, 6) is 0.741. The Morgan fingerprint density at radius 1 is 1.18 bits per heavy atom. The third-order valence-corrected chi connectivity index (χ3v) is 5.85. The number of fused-ring (bicyclic) bond motifs is 2. The maximum atomic E-state index is 13.9. The Bertz CT molecular complexity index is 1190. The summed E-state index contributed by atoms with van der Waals surface area (Å²) >= 11 is 0. The van der Waals surface area contributed by atoms with Gasteiger partial charge in [0.25, 0.3) is 5.91 Å². The zero-order valence-electron chi connectivity index (χ0n) is 17.6. The van der Waals surface area contributed by atoms with Crippen LogP contribution in [0.5, 0.6) is 11.5 Å². The van der Waals surface area contributed by atoms with Crippen LogP contribution < -0.4 is 20.1 Å². The molecule has 2 aromatic carbocycles. The molecular weight excluding hydrogens is 437 g/mol. The van der Waals surface area contributed by atoms with E-state index in [1.165, 1.54) is 6.20 Å². The van der Waals surface area contributed by atoms with E-state index in [4.69, 9.17) is 9.47 Å². The molecule has 0 aliphatic carbocycles. The van der Waals surface area contributed by atoms with Crippen molar-refractivity contribution >= 4 is 11.7 Å². The molecular formula is C23H21F3N4O3. The number of amides is 1. The van der Waals surface area contributed by atoms with Gasteiger partial charge in [-0.25, -0.2) is 4.68 Å². The van der Waals surface area contributed by atoms with E-state index in [1.54, 1.807) is 30.3 Å². The summed E-state index contributed by atoms with van der Waals surface area (Å²) in [6.45, 7) is 2.22. The van der Waals surface area contributed by atoms with E-state index in [0.29, 0.717) is 17.1 Å². The fourth-order valence-electron chi connectivity index (χ4n) is 4.07. The number of ether oxygens (including phenoxy) is 2. The van der Waals surface area contributed by atoms with Gasteiger partial charge in [-0.15, -0.1) is 0 Å². The Balaban J connectivity index is 1.39. The van der Waals surface area contributed by atoms with Crippen molar-refractivity contribution in [3.8, 4) is 11.5 Å². The topological polar surface area (TPSA) is 77.4 Å². The number of carbonyl (C=O) groups excluding carboxylic acids is 1. The fourth-order valence-corrected chi connectivity index (χ4v) is 4.07. The van der Waals surface area contributed by atoms with E-state index in [0.717, 1.165) is 15.8 Å². The predicted molar refractivity (Wildman–Crippen MR) is 113 cm³/mol. The molecule has 0 radical (unpaired) electrons. The minimum atomic E-state index is -4.51. The Morgan fingerprint density at radius 3 is 2.70 bits per heavy atom. The number of nitrogens with zero attached hydrogens (tertiary/aromatic N) is 2. The number of carbonyl (C=O) groups is 1. The van der Waals surface area contributed by atoms with Gasteiger partial charge in [-0.1, -0.05) is 35.9 Å². The summed E-state index contributed by atoms with van der Waals surface area (Å²) < 4.78 is 53.0. The molecule has 0 saturated carbocycles. The van der Waals surface area contributed by atoms with Gasteiger partial charge in [0.2, 0.25) is 6.79 Å². The van der Waals surface area contributed by atoms with Crippen molar-refractivity contribution in [3.63, 3.8) is 0 Å². The lowest BCUT2D eigenvalue weighted by molar-refractivity contribution is -0.173. The zero-order valence-corrected chi connectivity index (χ0v) is 17.6. The summed E-state index contributed by atoms with van der Waals surface area (Å²) in [5.41, 5.74) is 2.55. The summed E-state index contributed by atoms with van der Waals surface area (Å²) in [6, 6.07) is 10.1. The molecule has 0 spiro atoms. The van der Waals surface area contributed by atoms with E-state index in [1.807, 2.05) is 19.1 Å². The first-order valence-corrected chi connectivity index (χ1v) is 10.4. The predicted octanol–water partition coefficient (Wildman–Crippen LogP) is 4.51. The van der Waals surface area contributed by atoms with Gasteiger partial charge in [-0.05, 0) is 30.2 Å². The van der Waals surface area contributed by atoms with Gasteiger partial charge in [0.05, 0.1) is 12.2 Å². The maximum Gasteiger partial charge on any atom is 0.410 e. The third-order valence-electron chi connectivity index (χ3n) is 5.85. The second-order valence-electron chi connectivity index (χ2n) is 8.12. The average molecular weight is 458 g/mol. The highest BCUT2D eigenvalue weighted by molar-refractivity contribution is 5.98. The molecule has 3 aromatic rings. The first kappa shape index (κ1) is 21.2.